The molecule has 0 fully saturated rings. The van der Waals surface area contributed by atoms with Crippen LogP contribution in [0.5, 0.6) is 5.75 Å². The molecule has 0 aromatic heterocycles. The molecule has 134 valence electrons. The van der Waals surface area contributed by atoms with Gasteiger partial charge in [0.1, 0.15) is 12.4 Å². The molecule has 0 aliphatic heterocycles. The number of ether oxygens (including phenoxy) is 1. The second-order valence-corrected chi connectivity index (χ2v) is 5.64. The topological polar surface area (TPSA) is 50.4 Å². The molecule has 2 amide bonds. The first-order valence-corrected chi connectivity index (χ1v) is 8.10. The van der Waals surface area contributed by atoms with Gasteiger partial charge in [0.2, 0.25) is 0 Å². The minimum absolute atomic E-state index is 0.271. The predicted molar refractivity (Wildman–Crippen MR) is 93.1 cm³/mol. The Bertz CT molecular complexity index is 693. The van der Waals surface area contributed by atoms with Gasteiger partial charge in [0.25, 0.3) is 6.43 Å². The van der Waals surface area contributed by atoms with Crippen molar-refractivity contribution >= 4 is 6.03 Å². The highest BCUT2D eigenvalue weighted by molar-refractivity contribution is 5.73. The van der Waals surface area contributed by atoms with E-state index in [1.54, 1.807) is 24.3 Å². The minimum Gasteiger partial charge on any atom is -0.488 e. The smallest absolute Gasteiger partial charge is 0.315 e. The molecule has 6 heteroatoms. The van der Waals surface area contributed by atoms with E-state index in [0.717, 1.165) is 12.0 Å². The van der Waals surface area contributed by atoms with Crippen molar-refractivity contribution in [3.05, 3.63) is 65.2 Å². The third-order valence-electron chi connectivity index (χ3n) is 3.67. The molecule has 0 heterocycles. The second kappa shape index (κ2) is 9.61. The van der Waals surface area contributed by atoms with Gasteiger partial charge in [-0.15, -0.1) is 0 Å². The summed E-state index contributed by atoms with van der Waals surface area (Å²) in [6.07, 6.45) is -1.75. The molecule has 2 aromatic carbocycles. The fourth-order valence-electron chi connectivity index (χ4n) is 2.35. The van der Waals surface area contributed by atoms with E-state index in [1.807, 2.05) is 31.2 Å². The van der Waals surface area contributed by atoms with Crippen LogP contribution in [0.2, 0.25) is 0 Å². The summed E-state index contributed by atoms with van der Waals surface area (Å²) in [7, 11) is 0. The van der Waals surface area contributed by atoms with Gasteiger partial charge < -0.3 is 15.4 Å². The highest BCUT2D eigenvalue weighted by Gasteiger charge is 2.05. The zero-order valence-electron chi connectivity index (χ0n) is 14.1. The predicted octanol–water partition coefficient (Wildman–Crippen LogP) is 3.68. The van der Waals surface area contributed by atoms with Crippen LogP contribution in [0.15, 0.2) is 48.5 Å². The summed E-state index contributed by atoms with van der Waals surface area (Å²) in [5.74, 6) is 0.361. The number of benzene rings is 2. The molecular formula is C19H22F2N2O2. The molecule has 0 unspecified atom stereocenters. The highest BCUT2D eigenvalue weighted by Crippen LogP contribution is 2.14. The van der Waals surface area contributed by atoms with Crippen LogP contribution in [0.25, 0.3) is 0 Å². The largest absolute Gasteiger partial charge is 0.488 e. The third kappa shape index (κ3) is 6.79. The van der Waals surface area contributed by atoms with Gasteiger partial charge in [0.05, 0.1) is 0 Å². The number of aryl methyl sites for hydroxylation is 1. The lowest BCUT2D eigenvalue weighted by Gasteiger charge is -2.10. The van der Waals surface area contributed by atoms with Crippen LogP contribution in [0.4, 0.5) is 13.6 Å². The number of rotatable bonds is 8. The fraction of sp³-hybridized carbons (Fsp3) is 0.316. The zero-order valence-corrected chi connectivity index (χ0v) is 14.1. The van der Waals surface area contributed by atoms with Crippen molar-refractivity contribution < 1.29 is 18.3 Å². The average molecular weight is 348 g/mol. The average Bonchev–Trinajstić information content (AvgIpc) is 2.60. The van der Waals surface area contributed by atoms with Crippen LogP contribution < -0.4 is 15.4 Å². The fourth-order valence-corrected chi connectivity index (χ4v) is 2.35. The summed E-state index contributed by atoms with van der Waals surface area (Å²) in [6.45, 7) is 2.23. The molecule has 2 N–H and O–H groups in total. The molecule has 2 aromatic rings. The lowest BCUT2D eigenvalue weighted by atomic mass is 10.1. The first-order valence-electron chi connectivity index (χ1n) is 8.10. The quantitative estimate of drug-likeness (QED) is 0.765. The summed E-state index contributed by atoms with van der Waals surface area (Å²) < 4.78 is 29.3. The molecule has 4 nitrogen and oxygen atoms in total. The monoisotopic (exact) mass is 348 g/mol. The van der Waals surface area contributed by atoms with E-state index in [9.17, 15) is 13.6 Å². The first kappa shape index (κ1) is 18.7. The summed E-state index contributed by atoms with van der Waals surface area (Å²) in [5.41, 5.74) is 3.18. The van der Waals surface area contributed by atoms with Gasteiger partial charge in [0, 0.05) is 13.1 Å². The minimum atomic E-state index is -2.51. The Balaban J connectivity index is 1.72. The molecule has 0 radical (unpaired) electrons. The Morgan fingerprint density at radius 1 is 1.12 bits per heavy atom. The van der Waals surface area contributed by atoms with Crippen molar-refractivity contribution in [2.45, 2.75) is 26.3 Å². The van der Waals surface area contributed by atoms with Gasteiger partial charge in [-0.3, -0.25) is 0 Å². The number of urea groups is 1. The maximum Gasteiger partial charge on any atom is 0.315 e. The van der Waals surface area contributed by atoms with Crippen molar-refractivity contribution in [2.24, 2.45) is 0 Å². The van der Waals surface area contributed by atoms with Crippen LogP contribution in [-0.4, -0.2) is 25.6 Å². The van der Waals surface area contributed by atoms with Gasteiger partial charge in [-0.05, 0) is 42.2 Å². The maximum absolute atomic E-state index is 12.2. The first-order chi connectivity index (χ1) is 12.0. The Labute approximate surface area is 146 Å². The van der Waals surface area contributed by atoms with E-state index in [2.05, 4.69) is 10.6 Å². The van der Waals surface area contributed by atoms with Crippen molar-refractivity contribution in [3.63, 3.8) is 0 Å². The molecule has 0 bridgehead atoms. The summed E-state index contributed by atoms with van der Waals surface area (Å²) >= 11 is 0. The zero-order chi connectivity index (χ0) is 18.1. The van der Waals surface area contributed by atoms with E-state index in [4.69, 9.17) is 4.74 Å². The summed E-state index contributed by atoms with van der Waals surface area (Å²) in [4.78, 5) is 11.8. The van der Waals surface area contributed by atoms with Gasteiger partial charge in [-0.2, -0.15) is 0 Å². The number of alkyl halides is 2. The molecule has 0 aliphatic rings. The van der Waals surface area contributed by atoms with Crippen LogP contribution in [0.3, 0.4) is 0 Å². The van der Waals surface area contributed by atoms with Crippen molar-refractivity contribution in [1.82, 2.24) is 10.6 Å². The van der Waals surface area contributed by atoms with Crippen molar-refractivity contribution in [3.8, 4) is 5.75 Å². The third-order valence-corrected chi connectivity index (χ3v) is 3.67. The number of amides is 2. The molecule has 0 saturated heterocycles. The number of carbonyl (C=O) groups is 1. The molecule has 0 atom stereocenters. The van der Waals surface area contributed by atoms with Crippen molar-refractivity contribution in [2.75, 3.05) is 13.2 Å². The van der Waals surface area contributed by atoms with Gasteiger partial charge >= 0.3 is 6.03 Å². The van der Waals surface area contributed by atoms with E-state index < -0.39 is 13.0 Å². The van der Waals surface area contributed by atoms with Crippen LogP contribution in [0, 0.1) is 6.92 Å². The molecular weight excluding hydrogens is 326 g/mol. The second-order valence-electron chi connectivity index (χ2n) is 5.64. The van der Waals surface area contributed by atoms with Crippen LogP contribution in [0.1, 0.15) is 16.7 Å². The molecule has 0 saturated carbocycles. The van der Waals surface area contributed by atoms with Crippen LogP contribution >= 0.6 is 0 Å². The van der Waals surface area contributed by atoms with E-state index in [-0.39, 0.29) is 6.03 Å². The summed E-state index contributed by atoms with van der Waals surface area (Å²) in [5, 5.41) is 5.54. The lowest BCUT2D eigenvalue weighted by molar-refractivity contribution is 0.0818. The molecule has 25 heavy (non-hydrogen) atoms. The SMILES string of the molecule is Cc1ccccc1CCNC(=O)NCc1cccc(OCC(F)F)c1. The standard InChI is InChI=1S/C19H22F2N2O2/c1-14-5-2-3-7-16(14)9-10-22-19(24)23-12-15-6-4-8-17(11-15)25-13-18(20)21/h2-8,11,18H,9-10,12-13H2,1H3,(H2,22,23,24). The number of nitrogens with one attached hydrogen (secondary N) is 2. The van der Waals surface area contributed by atoms with Crippen molar-refractivity contribution in [1.29, 1.82) is 0 Å². The van der Waals surface area contributed by atoms with Gasteiger partial charge in [0.15, 0.2) is 0 Å². The van der Waals surface area contributed by atoms with Gasteiger partial charge in [-0.25, -0.2) is 13.6 Å². The Morgan fingerprint density at radius 3 is 2.68 bits per heavy atom. The molecule has 2 rings (SSSR count). The number of hydrogen-bond acceptors (Lipinski definition) is 2. The Morgan fingerprint density at radius 2 is 1.92 bits per heavy atom. The summed E-state index contributed by atoms with van der Waals surface area (Å²) in [6, 6.07) is 14.5. The number of carbonyl (C=O) groups excluding carboxylic acids is 1. The lowest BCUT2D eigenvalue weighted by Crippen LogP contribution is -2.36. The molecule has 0 spiro atoms. The number of hydrogen-bond donors (Lipinski definition) is 2. The van der Waals surface area contributed by atoms with E-state index in [0.29, 0.717) is 18.8 Å². The highest BCUT2D eigenvalue weighted by atomic mass is 19.3. The Kier molecular flexibility index (Phi) is 7.19. The van der Waals surface area contributed by atoms with E-state index >= 15 is 0 Å². The van der Waals surface area contributed by atoms with E-state index in [1.165, 1.54) is 11.1 Å². The Hall–Kier alpha value is -2.63. The van der Waals surface area contributed by atoms with Crippen LogP contribution in [-0.2, 0) is 13.0 Å². The number of halogens is 2. The maximum atomic E-state index is 12.2. The normalized spacial score (nSPS) is 10.6. The van der Waals surface area contributed by atoms with Gasteiger partial charge in [-0.1, -0.05) is 36.4 Å². The molecule has 0 aliphatic carbocycles.